The van der Waals surface area contributed by atoms with E-state index in [1.807, 2.05) is 6.92 Å². The summed E-state index contributed by atoms with van der Waals surface area (Å²) >= 11 is 0. The summed E-state index contributed by atoms with van der Waals surface area (Å²) in [6, 6.07) is 0. The van der Waals surface area contributed by atoms with Crippen molar-refractivity contribution >= 4 is 11.6 Å². The molecule has 14 heavy (non-hydrogen) atoms. The summed E-state index contributed by atoms with van der Waals surface area (Å²) in [6.07, 6.45) is 1.77. The molecule has 0 aromatic rings. The second kappa shape index (κ2) is 5.28. The van der Waals surface area contributed by atoms with Crippen molar-refractivity contribution in [1.82, 2.24) is 0 Å². The van der Waals surface area contributed by atoms with Gasteiger partial charge in [0.1, 0.15) is 11.6 Å². The summed E-state index contributed by atoms with van der Waals surface area (Å²) < 4.78 is 0. The third-order valence-corrected chi connectivity index (χ3v) is 2.73. The Bertz CT molecular complexity index is 211. The van der Waals surface area contributed by atoms with Gasteiger partial charge in [-0.25, -0.2) is 0 Å². The standard InChI is InChI=1S/C12H22O2/c1-9(13)7-6-8-11(14)10(2)12(3,4)5/h10H,6-8H2,1-5H3. The number of hydrogen-bond donors (Lipinski definition) is 0. The van der Waals surface area contributed by atoms with Crippen LogP contribution in [0.15, 0.2) is 0 Å². The number of hydrogen-bond acceptors (Lipinski definition) is 2. The summed E-state index contributed by atoms with van der Waals surface area (Å²) in [5, 5.41) is 0. The van der Waals surface area contributed by atoms with Crippen molar-refractivity contribution in [3.63, 3.8) is 0 Å². The minimum atomic E-state index is 0.0350. The lowest BCUT2D eigenvalue weighted by molar-refractivity contribution is -0.125. The minimum absolute atomic E-state index is 0.0350. The average molecular weight is 198 g/mol. The fraction of sp³-hybridized carbons (Fsp3) is 0.833. The van der Waals surface area contributed by atoms with Crippen LogP contribution >= 0.6 is 0 Å². The molecule has 0 N–H and O–H groups in total. The number of rotatable bonds is 5. The van der Waals surface area contributed by atoms with Gasteiger partial charge in [-0.1, -0.05) is 27.7 Å². The molecule has 0 aliphatic heterocycles. The first-order chi connectivity index (χ1) is 6.25. The number of carbonyl (C=O) groups excluding carboxylic acids is 2. The molecule has 82 valence electrons. The quantitative estimate of drug-likeness (QED) is 0.680. The number of carbonyl (C=O) groups is 2. The van der Waals surface area contributed by atoms with Gasteiger partial charge in [0.15, 0.2) is 0 Å². The van der Waals surface area contributed by atoms with E-state index in [0.29, 0.717) is 19.3 Å². The third kappa shape index (κ3) is 5.15. The molecule has 0 heterocycles. The van der Waals surface area contributed by atoms with Gasteiger partial charge in [0.2, 0.25) is 0 Å². The van der Waals surface area contributed by atoms with E-state index in [1.165, 1.54) is 0 Å². The summed E-state index contributed by atoms with van der Waals surface area (Å²) in [4.78, 5) is 22.3. The zero-order valence-electron chi connectivity index (χ0n) is 10.0. The predicted octanol–water partition coefficient (Wildman–Crippen LogP) is 3.00. The molecule has 0 aromatic carbocycles. The smallest absolute Gasteiger partial charge is 0.136 e. The fourth-order valence-electron chi connectivity index (χ4n) is 1.21. The van der Waals surface area contributed by atoms with Crippen molar-refractivity contribution in [2.24, 2.45) is 11.3 Å². The highest BCUT2D eigenvalue weighted by Gasteiger charge is 2.25. The molecule has 0 amide bonds. The molecule has 0 saturated carbocycles. The van der Waals surface area contributed by atoms with E-state index in [4.69, 9.17) is 0 Å². The minimum Gasteiger partial charge on any atom is -0.300 e. The lowest BCUT2D eigenvalue weighted by atomic mass is 9.78. The summed E-state index contributed by atoms with van der Waals surface area (Å²) in [5.41, 5.74) is 0.0350. The van der Waals surface area contributed by atoms with Gasteiger partial charge in [0.25, 0.3) is 0 Å². The molecule has 0 aliphatic rings. The van der Waals surface area contributed by atoms with E-state index in [9.17, 15) is 9.59 Å². The van der Waals surface area contributed by atoms with Gasteiger partial charge in [0, 0.05) is 18.8 Å². The molecule has 0 aliphatic carbocycles. The van der Waals surface area contributed by atoms with Crippen molar-refractivity contribution in [3.8, 4) is 0 Å². The van der Waals surface area contributed by atoms with Crippen molar-refractivity contribution < 1.29 is 9.59 Å². The Balaban J connectivity index is 3.91. The zero-order valence-corrected chi connectivity index (χ0v) is 10.0. The molecule has 0 fully saturated rings. The predicted molar refractivity (Wildman–Crippen MR) is 58.2 cm³/mol. The van der Waals surface area contributed by atoms with Crippen molar-refractivity contribution in [2.45, 2.75) is 53.9 Å². The van der Waals surface area contributed by atoms with E-state index >= 15 is 0 Å². The maximum absolute atomic E-state index is 11.7. The fourth-order valence-corrected chi connectivity index (χ4v) is 1.21. The normalized spacial score (nSPS) is 13.8. The highest BCUT2D eigenvalue weighted by molar-refractivity contribution is 5.82. The van der Waals surface area contributed by atoms with Crippen LogP contribution in [0.1, 0.15) is 53.9 Å². The second-order valence-electron chi connectivity index (χ2n) is 5.11. The van der Waals surface area contributed by atoms with Gasteiger partial charge in [0.05, 0.1) is 0 Å². The molecule has 0 rings (SSSR count). The van der Waals surface area contributed by atoms with Crippen molar-refractivity contribution in [1.29, 1.82) is 0 Å². The van der Waals surface area contributed by atoms with Crippen LogP contribution in [-0.4, -0.2) is 11.6 Å². The van der Waals surface area contributed by atoms with Crippen LogP contribution < -0.4 is 0 Å². The highest BCUT2D eigenvalue weighted by atomic mass is 16.1. The Morgan fingerprint density at radius 2 is 1.64 bits per heavy atom. The van der Waals surface area contributed by atoms with E-state index < -0.39 is 0 Å². The summed E-state index contributed by atoms with van der Waals surface area (Å²) in [5.74, 6) is 0.523. The molecule has 0 radical (unpaired) electrons. The Hall–Kier alpha value is -0.660. The van der Waals surface area contributed by atoms with Crippen molar-refractivity contribution in [3.05, 3.63) is 0 Å². The van der Waals surface area contributed by atoms with Crippen LogP contribution in [-0.2, 0) is 9.59 Å². The molecule has 0 saturated heterocycles. The van der Waals surface area contributed by atoms with Crippen molar-refractivity contribution in [2.75, 3.05) is 0 Å². The number of ketones is 2. The van der Waals surface area contributed by atoms with E-state index in [-0.39, 0.29) is 22.9 Å². The summed E-state index contributed by atoms with van der Waals surface area (Å²) in [7, 11) is 0. The second-order valence-corrected chi connectivity index (χ2v) is 5.11. The van der Waals surface area contributed by atoms with Gasteiger partial charge in [-0.05, 0) is 18.8 Å². The van der Waals surface area contributed by atoms with Crippen LogP contribution in [0.5, 0.6) is 0 Å². The molecule has 2 heteroatoms. The molecule has 1 unspecified atom stereocenters. The molecule has 0 bridgehead atoms. The Morgan fingerprint density at radius 1 is 1.14 bits per heavy atom. The maximum Gasteiger partial charge on any atom is 0.136 e. The first-order valence-corrected chi connectivity index (χ1v) is 5.27. The zero-order chi connectivity index (χ0) is 11.4. The molecular formula is C12H22O2. The van der Waals surface area contributed by atoms with E-state index in [0.717, 1.165) is 0 Å². The Kier molecular flexibility index (Phi) is 5.03. The lowest BCUT2D eigenvalue weighted by Crippen LogP contribution is -2.25. The van der Waals surface area contributed by atoms with Crippen LogP contribution in [0.2, 0.25) is 0 Å². The summed E-state index contributed by atoms with van der Waals surface area (Å²) in [6.45, 7) is 9.75. The monoisotopic (exact) mass is 198 g/mol. The largest absolute Gasteiger partial charge is 0.300 e. The van der Waals surface area contributed by atoms with Gasteiger partial charge in [-0.15, -0.1) is 0 Å². The van der Waals surface area contributed by atoms with Crippen LogP contribution in [0.3, 0.4) is 0 Å². The van der Waals surface area contributed by atoms with Crippen LogP contribution in [0.25, 0.3) is 0 Å². The highest BCUT2D eigenvalue weighted by Crippen LogP contribution is 2.27. The Morgan fingerprint density at radius 3 is 2.00 bits per heavy atom. The SMILES string of the molecule is CC(=O)CCCC(=O)C(C)C(C)(C)C. The van der Waals surface area contributed by atoms with Gasteiger partial charge >= 0.3 is 0 Å². The Labute approximate surface area is 87.1 Å². The maximum atomic E-state index is 11.7. The third-order valence-electron chi connectivity index (χ3n) is 2.73. The lowest BCUT2D eigenvalue weighted by Gasteiger charge is -2.25. The molecule has 0 aromatic heterocycles. The molecule has 2 nitrogen and oxygen atoms in total. The van der Waals surface area contributed by atoms with Crippen LogP contribution in [0.4, 0.5) is 0 Å². The topological polar surface area (TPSA) is 34.1 Å². The van der Waals surface area contributed by atoms with Crippen LogP contribution in [0, 0.1) is 11.3 Å². The first kappa shape index (κ1) is 13.3. The molecule has 1 atom stereocenters. The van der Waals surface area contributed by atoms with Gasteiger partial charge in [-0.2, -0.15) is 0 Å². The molecular weight excluding hydrogens is 176 g/mol. The van der Waals surface area contributed by atoms with Gasteiger partial charge < -0.3 is 4.79 Å². The first-order valence-electron chi connectivity index (χ1n) is 5.27. The van der Waals surface area contributed by atoms with Gasteiger partial charge in [-0.3, -0.25) is 4.79 Å². The van der Waals surface area contributed by atoms with E-state index in [1.54, 1.807) is 6.92 Å². The number of Topliss-reactive ketones (excluding diaryl/α,β-unsaturated/α-hetero) is 2. The average Bonchev–Trinajstić information content (AvgIpc) is 2.00. The van der Waals surface area contributed by atoms with E-state index in [2.05, 4.69) is 20.8 Å². The molecule has 0 spiro atoms.